The number of anilines is 1. The van der Waals surface area contributed by atoms with Gasteiger partial charge in [0.05, 0.1) is 4.92 Å². The van der Waals surface area contributed by atoms with Crippen LogP contribution in [0.25, 0.3) is 0 Å². The number of carbonyl (C=O) groups is 1. The Labute approximate surface area is 122 Å². The van der Waals surface area contributed by atoms with Crippen molar-refractivity contribution in [3.63, 3.8) is 0 Å². The molecule has 0 fully saturated rings. The fourth-order valence-corrected chi connectivity index (χ4v) is 1.82. The van der Waals surface area contributed by atoms with Gasteiger partial charge in [0, 0.05) is 12.5 Å². The van der Waals surface area contributed by atoms with Crippen LogP contribution in [0.2, 0.25) is 0 Å². The average molecular weight is 295 g/mol. The van der Waals surface area contributed by atoms with Gasteiger partial charge in [-0.25, -0.2) is 0 Å². The summed E-state index contributed by atoms with van der Waals surface area (Å²) in [4.78, 5) is 22.0. The van der Waals surface area contributed by atoms with Gasteiger partial charge >= 0.3 is 0 Å². The van der Waals surface area contributed by atoms with Gasteiger partial charge in [-0.15, -0.1) is 0 Å². The molecule has 7 heteroatoms. The Morgan fingerprint density at radius 1 is 1.45 bits per heavy atom. The zero-order valence-corrected chi connectivity index (χ0v) is 12.4. The minimum Gasteiger partial charge on any atom is -0.327 e. The quantitative estimate of drug-likeness (QED) is 0.507. The second kappa shape index (κ2) is 6.95. The van der Waals surface area contributed by atoms with Gasteiger partial charge in [-0.05, 0) is 36.7 Å². The van der Waals surface area contributed by atoms with Crippen LogP contribution in [0.3, 0.4) is 0 Å². The highest BCUT2D eigenvalue weighted by molar-refractivity contribution is 7.80. The molecule has 0 spiro atoms. The first-order chi connectivity index (χ1) is 9.29. The molecule has 0 atom stereocenters. The van der Waals surface area contributed by atoms with Crippen LogP contribution in [0.15, 0.2) is 18.2 Å². The van der Waals surface area contributed by atoms with Gasteiger partial charge in [-0.3, -0.25) is 14.9 Å². The molecule has 1 aromatic carbocycles. The van der Waals surface area contributed by atoms with E-state index in [1.54, 1.807) is 19.1 Å². The lowest BCUT2D eigenvalue weighted by atomic mass is 10.1. The summed E-state index contributed by atoms with van der Waals surface area (Å²) in [6, 6.07) is 4.74. The summed E-state index contributed by atoms with van der Waals surface area (Å²) in [5.74, 6) is -0.00113. The molecule has 0 aromatic heterocycles. The lowest BCUT2D eigenvalue weighted by molar-refractivity contribution is -0.383. The molecule has 1 amide bonds. The predicted octanol–water partition coefficient (Wildman–Crippen LogP) is 2.76. The second-order valence-corrected chi connectivity index (χ2v) is 5.29. The molecule has 0 unspecified atom stereocenters. The number of amides is 1. The van der Waals surface area contributed by atoms with Crippen LogP contribution in [-0.4, -0.2) is 15.9 Å². The van der Waals surface area contributed by atoms with Crippen LogP contribution in [0.5, 0.6) is 0 Å². The highest BCUT2D eigenvalue weighted by Gasteiger charge is 2.15. The van der Waals surface area contributed by atoms with Gasteiger partial charge in [0.1, 0.15) is 5.69 Å². The van der Waals surface area contributed by atoms with E-state index in [4.69, 9.17) is 12.2 Å². The van der Waals surface area contributed by atoms with Crippen molar-refractivity contribution in [2.75, 3.05) is 5.32 Å². The maximum absolute atomic E-state index is 11.6. The van der Waals surface area contributed by atoms with E-state index in [9.17, 15) is 14.9 Å². The number of carbonyl (C=O) groups excluding carboxylic acids is 1. The zero-order chi connectivity index (χ0) is 15.3. The molecule has 6 nitrogen and oxygen atoms in total. The molecule has 0 aliphatic carbocycles. The molecule has 0 heterocycles. The fourth-order valence-electron chi connectivity index (χ4n) is 1.60. The van der Waals surface area contributed by atoms with E-state index in [0.717, 1.165) is 5.56 Å². The van der Waals surface area contributed by atoms with E-state index >= 15 is 0 Å². The summed E-state index contributed by atoms with van der Waals surface area (Å²) in [5, 5.41) is 16.2. The van der Waals surface area contributed by atoms with Crippen molar-refractivity contribution < 1.29 is 9.72 Å². The zero-order valence-electron chi connectivity index (χ0n) is 11.6. The molecule has 1 rings (SSSR count). The van der Waals surface area contributed by atoms with Crippen LogP contribution < -0.4 is 10.6 Å². The minimum absolute atomic E-state index is 0.0580. The summed E-state index contributed by atoms with van der Waals surface area (Å²) in [7, 11) is 0. The molecule has 0 bridgehead atoms. The number of nitrogens with one attached hydrogen (secondary N) is 2. The van der Waals surface area contributed by atoms with E-state index in [2.05, 4.69) is 10.6 Å². The highest BCUT2D eigenvalue weighted by atomic mass is 32.1. The van der Waals surface area contributed by atoms with Crippen molar-refractivity contribution in [2.24, 2.45) is 5.92 Å². The Kier molecular flexibility index (Phi) is 5.57. The van der Waals surface area contributed by atoms with E-state index in [0.29, 0.717) is 6.42 Å². The molecule has 20 heavy (non-hydrogen) atoms. The van der Waals surface area contributed by atoms with E-state index in [-0.39, 0.29) is 28.3 Å². The van der Waals surface area contributed by atoms with Crippen LogP contribution in [0, 0.1) is 23.0 Å². The third-order valence-electron chi connectivity index (χ3n) is 2.44. The van der Waals surface area contributed by atoms with E-state index < -0.39 is 4.92 Å². The number of nitro groups is 1. The summed E-state index contributed by atoms with van der Waals surface area (Å²) in [5.41, 5.74) is 0.956. The fraction of sp³-hybridized carbons (Fsp3) is 0.385. The second-order valence-electron chi connectivity index (χ2n) is 4.88. The molecule has 0 aliphatic heterocycles. The highest BCUT2D eigenvalue weighted by Crippen LogP contribution is 2.25. The smallest absolute Gasteiger partial charge is 0.292 e. The number of hydrogen-bond donors (Lipinski definition) is 2. The largest absolute Gasteiger partial charge is 0.327 e. The topological polar surface area (TPSA) is 84.3 Å². The van der Waals surface area contributed by atoms with E-state index in [1.807, 2.05) is 13.8 Å². The number of hydrogen-bond acceptors (Lipinski definition) is 4. The lowest BCUT2D eigenvalue weighted by Gasteiger charge is -2.11. The van der Waals surface area contributed by atoms with Crippen LogP contribution in [0.1, 0.15) is 25.8 Å². The first kappa shape index (κ1) is 16.0. The van der Waals surface area contributed by atoms with Gasteiger partial charge in [0.2, 0.25) is 5.91 Å². The van der Waals surface area contributed by atoms with Crippen molar-refractivity contribution in [1.29, 1.82) is 0 Å². The number of benzene rings is 1. The normalized spacial score (nSPS) is 10.2. The summed E-state index contributed by atoms with van der Waals surface area (Å²) >= 11 is 4.98. The summed E-state index contributed by atoms with van der Waals surface area (Å²) in [6.07, 6.45) is 0.345. The Morgan fingerprint density at radius 2 is 2.10 bits per heavy atom. The van der Waals surface area contributed by atoms with Crippen molar-refractivity contribution in [3.8, 4) is 0 Å². The molecule has 0 saturated carbocycles. The Morgan fingerprint density at radius 3 is 2.65 bits per heavy atom. The maximum Gasteiger partial charge on any atom is 0.292 e. The van der Waals surface area contributed by atoms with Crippen molar-refractivity contribution in [1.82, 2.24) is 5.32 Å². The first-order valence-corrected chi connectivity index (χ1v) is 6.56. The van der Waals surface area contributed by atoms with Crippen molar-refractivity contribution in [2.45, 2.75) is 27.2 Å². The minimum atomic E-state index is -0.492. The van der Waals surface area contributed by atoms with Crippen LogP contribution >= 0.6 is 12.2 Å². The Bertz CT molecular complexity index is 544. The van der Waals surface area contributed by atoms with E-state index in [1.165, 1.54) is 6.07 Å². The monoisotopic (exact) mass is 295 g/mol. The molecule has 0 saturated heterocycles. The van der Waals surface area contributed by atoms with Crippen LogP contribution in [0.4, 0.5) is 11.4 Å². The average Bonchev–Trinajstić information content (AvgIpc) is 2.29. The standard InChI is InChI=1S/C13H17N3O3S/c1-8(2)6-12(17)15-13(20)14-10-5-4-9(3)7-11(10)16(18)19/h4-5,7-8H,6H2,1-3H3,(H2,14,15,17,20). The number of rotatable bonds is 4. The molecular weight excluding hydrogens is 278 g/mol. The van der Waals surface area contributed by atoms with Crippen LogP contribution in [-0.2, 0) is 4.79 Å². The van der Waals surface area contributed by atoms with Crippen molar-refractivity contribution >= 4 is 34.6 Å². The Balaban J connectivity index is 2.76. The maximum atomic E-state index is 11.6. The summed E-state index contributed by atoms with van der Waals surface area (Å²) < 4.78 is 0. The SMILES string of the molecule is Cc1ccc(NC(=S)NC(=O)CC(C)C)c([N+](=O)[O-])c1. The molecule has 1 aromatic rings. The third kappa shape index (κ3) is 4.93. The van der Waals surface area contributed by atoms with Gasteiger partial charge in [-0.2, -0.15) is 0 Å². The number of nitro benzene ring substituents is 1. The Hall–Kier alpha value is -2.02. The third-order valence-corrected chi connectivity index (χ3v) is 2.65. The number of thiocarbonyl (C=S) groups is 1. The number of nitrogens with zero attached hydrogens (tertiary/aromatic N) is 1. The predicted molar refractivity (Wildman–Crippen MR) is 81.7 cm³/mol. The number of aryl methyl sites for hydroxylation is 1. The van der Waals surface area contributed by atoms with Gasteiger partial charge in [-0.1, -0.05) is 19.9 Å². The first-order valence-electron chi connectivity index (χ1n) is 6.15. The van der Waals surface area contributed by atoms with Gasteiger partial charge in [0.15, 0.2) is 5.11 Å². The van der Waals surface area contributed by atoms with Crippen molar-refractivity contribution in [3.05, 3.63) is 33.9 Å². The lowest BCUT2D eigenvalue weighted by Crippen LogP contribution is -2.34. The summed E-state index contributed by atoms with van der Waals surface area (Å²) in [6.45, 7) is 5.60. The molecule has 108 valence electrons. The molecule has 2 N–H and O–H groups in total. The van der Waals surface area contributed by atoms with Gasteiger partial charge in [0.25, 0.3) is 5.69 Å². The molecular formula is C13H17N3O3S. The van der Waals surface area contributed by atoms with Gasteiger partial charge < -0.3 is 10.6 Å². The molecule has 0 radical (unpaired) electrons. The molecule has 0 aliphatic rings.